The molecule has 4 unspecified atom stereocenters. The monoisotopic (exact) mass is 323 g/mol. The predicted octanol–water partition coefficient (Wildman–Crippen LogP) is 2.24. The number of carbonyl (C=O) groups is 1. The number of carboxylic acid groups (broad SMARTS) is 1. The van der Waals surface area contributed by atoms with E-state index in [2.05, 4.69) is 4.72 Å². The quantitative estimate of drug-likeness (QED) is 0.841. The Bertz CT molecular complexity index is 643. The van der Waals surface area contributed by atoms with Crippen LogP contribution in [-0.2, 0) is 14.8 Å². The van der Waals surface area contributed by atoms with Crippen LogP contribution in [0.1, 0.15) is 32.1 Å². The zero-order valence-electron chi connectivity index (χ0n) is 12.3. The topological polar surface area (TPSA) is 83.5 Å². The summed E-state index contributed by atoms with van der Waals surface area (Å²) in [6, 6.07) is 8.24. The molecule has 3 rings (SSSR count). The molecule has 2 aliphatic carbocycles. The molecule has 0 aliphatic heterocycles. The highest BCUT2D eigenvalue weighted by molar-refractivity contribution is 7.89. The van der Waals surface area contributed by atoms with Crippen LogP contribution in [-0.4, -0.2) is 25.5 Å². The van der Waals surface area contributed by atoms with Gasteiger partial charge in [-0.05, 0) is 55.6 Å². The number of aliphatic carboxylic acids is 1. The SMILES string of the molecule is O=C(O)CCC1C2CCC(C2)C1NS(=O)(=O)c1ccccc1. The third-order valence-corrected chi connectivity index (χ3v) is 6.60. The number of nitrogens with one attached hydrogen (secondary N) is 1. The van der Waals surface area contributed by atoms with E-state index < -0.39 is 16.0 Å². The molecule has 1 aromatic rings. The second-order valence-electron chi connectivity index (χ2n) is 6.39. The van der Waals surface area contributed by atoms with Gasteiger partial charge in [0, 0.05) is 12.5 Å². The first kappa shape index (κ1) is 15.5. The molecule has 2 bridgehead atoms. The molecule has 6 heteroatoms. The maximum atomic E-state index is 12.5. The van der Waals surface area contributed by atoms with E-state index >= 15 is 0 Å². The minimum atomic E-state index is -3.54. The van der Waals surface area contributed by atoms with Gasteiger partial charge in [0.1, 0.15) is 0 Å². The summed E-state index contributed by atoms with van der Waals surface area (Å²) < 4.78 is 27.9. The van der Waals surface area contributed by atoms with Gasteiger partial charge in [0.25, 0.3) is 0 Å². The number of rotatable bonds is 6. The van der Waals surface area contributed by atoms with Crippen molar-refractivity contribution in [3.63, 3.8) is 0 Å². The Morgan fingerprint density at radius 3 is 2.55 bits per heavy atom. The predicted molar refractivity (Wildman–Crippen MR) is 81.7 cm³/mol. The van der Waals surface area contributed by atoms with Crippen molar-refractivity contribution in [2.75, 3.05) is 0 Å². The van der Waals surface area contributed by atoms with Crippen LogP contribution in [0.3, 0.4) is 0 Å². The lowest BCUT2D eigenvalue weighted by atomic mass is 9.82. The lowest BCUT2D eigenvalue weighted by molar-refractivity contribution is -0.137. The summed E-state index contributed by atoms with van der Waals surface area (Å²) >= 11 is 0. The molecule has 0 amide bonds. The van der Waals surface area contributed by atoms with Gasteiger partial charge in [-0.2, -0.15) is 0 Å². The fourth-order valence-corrected chi connectivity index (χ4v) is 5.52. The highest BCUT2D eigenvalue weighted by atomic mass is 32.2. The highest BCUT2D eigenvalue weighted by Gasteiger charge is 2.48. The van der Waals surface area contributed by atoms with Crippen LogP contribution in [0.25, 0.3) is 0 Å². The van der Waals surface area contributed by atoms with E-state index in [1.165, 1.54) is 0 Å². The van der Waals surface area contributed by atoms with E-state index in [0.29, 0.717) is 18.3 Å². The molecular weight excluding hydrogens is 302 g/mol. The maximum Gasteiger partial charge on any atom is 0.303 e. The van der Waals surface area contributed by atoms with Crippen molar-refractivity contribution in [3.05, 3.63) is 30.3 Å². The maximum absolute atomic E-state index is 12.5. The van der Waals surface area contributed by atoms with Crippen LogP contribution in [0.5, 0.6) is 0 Å². The van der Waals surface area contributed by atoms with Crippen molar-refractivity contribution in [2.24, 2.45) is 17.8 Å². The Kier molecular flexibility index (Phi) is 4.23. The number of sulfonamides is 1. The van der Waals surface area contributed by atoms with Gasteiger partial charge in [-0.1, -0.05) is 18.2 Å². The van der Waals surface area contributed by atoms with Crippen LogP contribution < -0.4 is 4.72 Å². The summed E-state index contributed by atoms with van der Waals surface area (Å²) in [5.74, 6) is 0.149. The van der Waals surface area contributed by atoms with E-state index in [9.17, 15) is 13.2 Å². The first-order valence-electron chi connectivity index (χ1n) is 7.76. The molecule has 2 N–H and O–H groups in total. The minimum Gasteiger partial charge on any atom is -0.481 e. The Morgan fingerprint density at radius 2 is 1.86 bits per heavy atom. The summed E-state index contributed by atoms with van der Waals surface area (Å²) in [6.07, 6.45) is 3.82. The zero-order chi connectivity index (χ0) is 15.7. The lowest BCUT2D eigenvalue weighted by Gasteiger charge is -2.31. The molecule has 2 fully saturated rings. The summed E-state index contributed by atoms with van der Waals surface area (Å²) in [5, 5.41) is 8.90. The number of carboxylic acids is 1. The average molecular weight is 323 g/mol. The molecule has 0 heterocycles. The average Bonchev–Trinajstić information content (AvgIpc) is 3.07. The van der Waals surface area contributed by atoms with E-state index in [1.54, 1.807) is 30.3 Å². The Morgan fingerprint density at radius 1 is 1.18 bits per heavy atom. The Balaban J connectivity index is 1.76. The molecule has 0 saturated heterocycles. The van der Waals surface area contributed by atoms with Crippen molar-refractivity contribution in [1.29, 1.82) is 0 Å². The van der Waals surface area contributed by atoms with Crippen molar-refractivity contribution < 1.29 is 18.3 Å². The molecular formula is C16H21NO4S. The van der Waals surface area contributed by atoms with Crippen LogP contribution in [0.4, 0.5) is 0 Å². The van der Waals surface area contributed by atoms with Gasteiger partial charge in [0.05, 0.1) is 4.90 Å². The smallest absolute Gasteiger partial charge is 0.303 e. The molecule has 2 saturated carbocycles. The van der Waals surface area contributed by atoms with E-state index in [-0.39, 0.29) is 23.3 Å². The first-order chi connectivity index (χ1) is 10.5. The molecule has 22 heavy (non-hydrogen) atoms. The number of hydrogen-bond acceptors (Lipinski definition) is 3. The largest absolute Gasteiger partial charge is 0.481 e. The molecule has 0 aromatic heterocycles. The van der Waals surface area contributed by atoms with Crippen molar-refractivity contribution in [1.82, 2.24) is 4.72 Å². The van der Waals surface area contributed by atoms with Crippen LogP contribution in [0, 0.1) is 17.8 Å². The van der Waals surface area contributed by atoms with Crippen LogP contribution in [0.15, 0.2) is 35.2 Å². The summed E-state index contributed by atoms with van der Waals surface area (Å²) in [4.78, 5) is 11.1. The number of fused-ring (bicyclic) bond motifs is 2. The molecule has 1 aromatic carbocycles. The van der Waals surface area contributed by atoms with Gasteiger partial charge < -0.3 is 5.11 Å². The molecule has 0 spiro atoms. The van der Waals surface area contributed by atoms with E-state index in [0.717, 1.165) is 19.3 Å². The van der Waals surface area contributed by atoms with Gasteiger partial charge in [0.2, 0.25) is 10.0 Å². The lowest BCUT2D eigenvalue weighted by Crippen LogP contribution is -2.44. The first-order valence-corrected chi connectivity index (χ1v) is 9.25. The van der Waals surface area contributed by atoms with Gasteiger partial charge in [-0.25, -0.2) is 13.1 Å². The normalized spacial score (nSPS) is 30.5. The standard InChI is InChI=1S/C16H21NO4S/c18-15(19)9-8-14-11-6-7-12(10-11)16(14)17-22(20,21)13-4-2-1-3-5-13/h1-5,11-12,14,16-17H,6-10H2,(H,18,19). The molecule has 2 aliphatic rings. The second kappa shape index (κ2) is 6.01. The third-order valence-electron chi connectivity index (χ3n) is 5.12. The second-order valence-corrected chi connectivity index (χ2v) is 8.10. The molecule has 4 atom stereocenters. The fraction of sp³-hybridized carbons (Fsp3) is 0.562. The van der Waals surface area contributed by atoms with Crippen LogP contribution in [0.2, 0.25) is 0 Å². The Labute approximate surface area is 130 Å². The zero-order valence-corrected chi connectivity index (χ0v) is 13.1. The number of benzene rings is 1. The van der Waals surface area contributed by atoms with Crippen molar-refractivity contribution >= 4 is 16.0 Å². The summed E-state index contributed by atoms with van der Waals surface area (Å²) in [7, 11) is -3.54. The van der Waals surface area contributed by atoms with Gasteiger partial charge in [-0.15, -0.1) is 0 Å². The molecule has 120 valence electrons. The molecule has 5 nitrogen and oxygen atoms in total. The van der Waals surface area contributed by atoms with Crippen molar-refractivity contribution in [3.8, 4) is 0 Å². The van der Waals surface area contributed by atoms with E-state index in [1.807, 2.05) is 0 Å². The van der Waals surface area contributed by atoms with Gasteiger partial charge in [0.15, 0.2) is 0 Å². The van der Waals surface area contributed by atoms with Gasteiger partial charge >= 0.3 is 5.97 Å². The Hall–Kier alpha value is -1.40. The molecule has 0 radical (unpaired) electrons. The van der Waals surface area contributed by atoms with E-state index in [4.69, 9.17) is 5.11 Å². The third kappa shape index (κ3) is 3.03. The fourth-order valence-electron chi connectivity index (χ4n) is 4.15. The number of hydrogen-bond donors (Lipinski definition) is 2. The van der Waals surface area contributed by atoms with Gasteiger partial charge in [-0.3, -0.25) is 4.79 Å². The minimum absolute atomic E-state index is 0.109. The van der Waals surface area contributed by atoms with Crippen molar-refractivity contribution in [2.45, 2.75) is 43.0 Å². The summed E-state index contributed by atoms with van der Waals surface area (Å²) in [6.45, 7) is 0. The van der Waals surface area contributed by atoms with Crippen LogP contribution >= 0.6 is 0 Å². The highest BCUT2D eigenvalue weighted by Crippen LogP contribution is 2.50. The summed E-state index contributed by atoms with van der Waals surface area (Å²) in [5.41, 5.74) is 0.